The van der Waals surface area contributed by atoms with Crippen LogP contribution in [0.15, 0.2) is 16.0 Å². The van der Waals surface area contributed by atoms with E-state index in [0.29, 0.717) is 10.9 Å². The SMILES string of the molecule is CCCN(CCC)C(=O)CSc1nc(CSCC)cc(=O)[nH]1. The van der Waals surface area contributed by atoms with Crippen LogP contribution in [-0.2, 0) is 10.5 Å². The first-order chi connectivity index (χ1) is 10.6. The molecule has 22 heavy (non-hydrogen) atoms. The number of hydrogen-bond donors (Lipinski definition) is 1. The van der Waals surface area contributed by atoms with Crippen LogP contribution in [0.25, 0.3) is 0 Å². The fourth-order valence-electron chi connectivity index (χ4n) is 1.95. The van der Waals surface area contributed by atoms with Crippen LogP contribution in [0.4, 0.5) is 0 Å². The molecule has 0 saturated heterocycles. The second kappa shape index (κ2) is 10.7. The lowest BCUT2D eigenvalue weighted by Crippen LogP contribution is -2.33. The summed E-state index contributed by atoms with van der Waals surface area (Å²) in [7, 11) is 0. The lowest BCUT2D eigenvalue weighted by molar-refractivity contribution is -0.128. The molecule has 0 fully saturated rings. The zero-order valence-corrected chi connectivity index (χ0v) is 15.2. The van der Waals surface area contributed by atoms with Crippen molar-refractivity contribution in [1.82, 2.24) is 14.9 Å². The fraction of sp³-hybridized carbons (Fsp3) is 0.667. The number of carbonyl (C=O) groups is 1. The molecule has 7 heteroatoms. The smallest absolute Gasteiger partial charge is 0.251 e. The summed E-state index contributed by atoms with van der Waals surface area (Å²) in [6, 6.07) is 1.52. The predicted molar refractivity (Wildman–Crippen MR) is 94.6 cm³/mol. The van der Waals surface area contributed by atoms with Crippen molar-refractivity contribution in [3.63, 3.8) is 0 Å². The van der Waals surface area contributed by atoms with Crippen LogP contribution >= 0.6 is 23.5 Å². The van der Waals surface area contributed by atoms with E-state index in [2.05, 4.69) is 30.7 Å². The molecule has 0 spiro atoms. The second-order valence-electron chi connectivity index (χ2n) is 4.85. The first-order valence-corrected chi connectivity index (χ1v) is 9.83. The van der Waals surface area contributed by atoms with Gasteiger partial charge in [-0.25, -0.2) is 4.98 Å². The van der Waals surface area contributed by atoms with Gasteiger partial charge in [0.25, 0.3) is 5.56 Å². The molecule has 0 atom stereocenters. The highest BCUT2D eigenvalue weighted by Gasteiger charge is 2.13. The molecule has 0 saturated carbocycles. The summed E-state index contributed by atoms with van der Waals surface area (Å²) >= 11 is 3.02. The molecular formula is C15H25N3O2S2. The molecule has 0 bridgehead atoms. The zero-order valence-electron chi connectivity index (χ0n) is 13.6. The Hall–Kier alpha value is -0.950. The predicted octanol–water partition coefficient (Wildman–Crippen LogP) is 2.76. The zero-order chi connectivity index (χ0) is 16.4. The van der Waals surface area contributed by atoms with Crippen LogP contribution in [0.1, 0.15) is 39.3 Å². The Kier molecular flexibility index (Phi) is 9.31. The molecule has 0 aromatic carbocycles. The molecule has 0 aliphatic heterocycles. The van der Waals surface area contributed by atoms with Crippen LogP contribution in [0.5, 0.6) is 0 Å². The normalized spacial score (nSPS) is 10.7. The molecule has 5 nitrogen and oxygen atoms in total. The highest BCUT2D eigenvalue weighted by molar-refractivity contribution is 7.99. The number of rotatable bonds is 10. The van der Waals surface area contributed by atoms with Crippen molar-refractivity contribution in [2.24, 2.45) is 0 Å². The van der Waals surface area contributed by atoms with Crippen molar-refractivity contribution in [2.75, 3.05) is 24.6 Å². The van der Waals surface area contributed by atoms with E-state index >= 15 is 0 Å². The van der Waals surface area contributed by atoms with Crippen molar-refractivity contribution < 1.29 is 4.79 Å². The molecule has 0 radical (unpaired) electrons. The number of nitrogens with zero attached hydrogens (tertiary/aromatic N) is 2. The van der Waals surface area contributed by atoms with E-state index in [1.54, 1.807) is 11.8 Å². The molecule has 1 aromatic heterocycles. The van der Waals surface area contributed by atoms with Gasteiger partial charge < -0.3 is 9.88 Å². The topological polar surface area (TPSA) is 66.1 Å². The number of aromatic nitrogens is 2. The third kappa shape index (κ3) is 6.87. The van der Waals surface area contributed by atoms with Crippen molar-refractivity contribution in [3.8, 4) is 0 Å². The van der Waals surface area contributed by atoms with Crippen LogP contribution in [0.2, 0.25) is 0 Å². The van der Waals surface area contributed by atoms with Crippen molar-refractivity contribution in [2.45, 2.75) is 44.5 Å². The summed E-state index contributed by atoms with van der Waals surface area (Å²) in [6.45, 7) is 7.77. The van der Waals surface area contributed by atoms with Gasteiger partial charge >= 0.3 is 0 Å². The maximum atomic E-state index is 12.2. The van der Waals surface area contributed by atoms with E-state index in [9.17, 15) is 9.59 Å². The van der Waals surface area contributed by atoms with E-state index in [4.69, 9.17) is 0 Å². The van der Waals surface area contributed by atoms with Gasteiger partial charge in [-0.2, -0.15) is 11.8 Å². The van der Waals surface area contributed by atoms with Gasteiger partial charge in [-0.15, -0.1) is 0 Å². The molecule has 1 heterocycles. The third-order valence-corrected chi connectivity index (χ3v) is 4.67. The Balaban J connectivity index is 2.64. The average Bonchev–Trinajstić information content (AvgIpc) is 2.50. The van der Waals surface area contributed by atoms with Gasteiger partial charge in [-0.3, -0.25) is 9.59 Å². The molecule has 1 N–H and O–H groups in total. The minimum absolute atomic E-state index is 0.102. The largest absolute Gasteiger partial charge is 0.342 e. The maximum Gasteiger partial charge on any atom is 0.251 e. The lowest BCUT2D eigenvalue weighted by atomic mass is 10.3. The third-order valence-electron chi connectivity index (χ3n) is 2.90. The van der Waals surface area contributed by atoms with Crippen LogP contribution < -0.4 is 5.56 Å². The quantitative estimate of drug-likeness (QED) is 0.523. The highest BCUT2D eigenvalue weighted by atomic mass is 32.2. The number of aromatic amines is 1. The summed E-state index contributed by atoms with van der Waals surface area (Å²) in [5, 5.41) is 0.528. The van der Waals surface area contributed by atoms with E-state index in [1.807, 2.05) is 4.90 Å². The van der Waals surface area contributed by atoms with Crippen LogP contribution in [-0.4, -0.2) is 45.4 Å². The monoisotopic (exact) mass is 343 g/mol. The number of hydrogen-bond acceptors (Lipinski definition) is 5. The van der Waals surface area contributed by atoms with Gasteiger partial charge in [0.2, 0.25) is 5.91 Å². The standard InChI is InChI=1S/C15H25N3O2S2/c1-4-7-18(8-5-2)14(20)11-22-15-16-12(10-21-6-3)9-13(19)17-15/h9H,4-8,10-11H2,1-3H3,(H,16,17,19). The van der Waals surface area contributed by atoms with Gasteiger partial charge in [0, 0.05) is 24.9 Å². The first-order valence-electron chi connectivity index (χ1n) is 7.69. The summed E-state index contributed by atoms with van der Waals surface area (Å²) in [5.74, 6) is 2.12. The van der Waals surface area contributed by atoms with E-state index in [0.717, 1.165) is 43.1 Å². The highest BCUT2D eigenvalue weighted by Crippen LogP contribution is 2.15. The number of amides is 1. The van der Waals surface area contributed by atoms with Crippen LogP contribution in [0, 0.1) is 0 Å². The Morgan fingerprint density at radius 3 is 2.55 bits per heavy atom. The molecule has 1 rings (SSSR count). The molecule has 0 aliphatic carbocycles. The molecular weight excluding hydrogens is 318 g/mol. The van der Waals surface area contributed by atoms with E-state index in [1.165, 1.54) is 17.8 Å². The van der Waals surface area contributed by atoms with Gasteiger partial charge in [-0.1, -0.05) is 32.5 Å². The maximum absolute atomic E-state index is 12.2. The Morgan fingerprint density at radius 2 is 1.95 bits per heavy atom. The van der Waals surface area contributed by atoms with Gasteiger partial charge in [-0.05, 0) is 18.6 Å². The molecule has 0 unspecified atom stereocenters. The Bertz CT molecular complexity index is 514. The van der Waals surface area contributed by atoms with Gasteiger partial charge in [0.15, 0.2) is 5.16 Å². The molecule has 1 amide bonds. The summed E-state index contributed by atoms with van der Waals surface area (Å²) in [4.78, 5) is 32.8. The molecule has 124 valence electrons. The van der Waals surface area contributed by atoms with E-state index in [-0.39, 0.29) is 11.5 Å². The molecule has 0 aliphatic rings. The Morgan fingerprint density at radius 1 is 1.27 bits per heavy atom. The van der Waals surface area contributed by atoms with Crippen molar-refractivity contribution >= 4 is 29.4 Å². The first kappa shape index (κ1) is 19.1. The van der Waals surface area contributed by atoms with Crippen molar-refractivity contribution in [1.29, 1.82) is 0 Å². The Labute approximate surface area is 140 Å². The molecule has 1 aromatic rings. The minimum atomic E-state index is -0.157. The van der Waals surface area contributed by atoms with Crippen LogP contribution in [0.3, 0.4) is 0 Å². The summed E-state index contributed by atoms with van der Waals surface area (Å²) < 4.78 is 0. The second-order valence-corrected chi connectivity index (χ2v) is 7.09. The number of H-pyrrole nitrogens is 1. The van der Waals surface area contributed by atoms with Gasteiger partial charge in [0.1, 0.15) is 0 Å². The average molecular weight is 344 g/mol. The van der Waals surface area contributed by atoms with Crippen molar-refractivity contribution in [3.05, 3.63) is 22.1 Å². The minimum Gasteiger partial charge on any atom is -0.342 e. The number of nitrogens with one attached hydrogen (secondary N) is 1. The fourth-order valence-corrected chi connectivity index (χ4v) is 3.31. The summed E-state index contributed by atoms with van der Waals surface area (Å²) in [5.41, 5.74) is 0.611. The van der Waals surface area contributed by atoms with E-state index < -0.39 is 0 Å². The summed E-state index contributed by atoms with van der Waals surface area (Å²) in [6.07, 6.45) is 1.91. The number of thioether (sulfide) groups is 2. The lowest BCUT2D eigenvalue weighted by Gasteiger charge is -2.21. The number of carbonyl (C=O) groups excluding carboxylic acids is 1. The van der Waals surface area contributed by atoms with Gasteiger partial charge in [0.05, 0.1) is 11.4 Å².